The van der Waals surface area contributed by atoms with Crippen LogP contribution in [-0.4, -0.2) is 21.8 Å². The summed E-state index contributed by atoms with van der Waals surface area (Å²) in [7, 11) is 0. The van der Waals surface area contributed by atoms with Crippen LogP contribution in [0.2, 0.25) is 0 Å². The highest BCUT2D eigenvalue weighted by Gasteiger charge is 2.10. The fraction of sp³-hybridized carbons (Fsp3) is 0.0526. The van der Waals surface area contributed by atoms with Crippen molar-refractivity contribution in [1.82, 2.24) is 9.97 Å². The standard InChI is InChI=1S/C19H15F2N5O2/c1-11(27)24-14-3-2-4-15(8-14)25-18(28)12-9-22-19(23-10-12)26-17-6-5-13(20)7-16(17)21/h2-10H,1H3,(H,24,27)(H,25,28)(H,22,23,26). The lowest BCUT2D eigenvalue weighted by atomic mass is 10.2. The van der Waals surface area contributed by atoms with Crippen molar-refractivity contribution in [2.45, 2.75) is 6.92 Å². The van der Waals surface area contributed by atoms with Gasteiger partial charge in [-0.25, -0.2) is 18.7 Å². The summed E-state index contributed by atoms with van der Waals surface area (Å²) in [6, 6.07) is 9.69. The van der Waals surface area contributed by atoms with Gasteiger partial charge in [0.15, 0.2) is 0 Å². The Kier molecular flexibility index (Phi) is 5.54. The number of carbonyl (C=O) groups is 2. The maximum Gasteiger partial charge on any atom is 0.258 e. The van der Waals surface area contributed by atoms with E-state index >= 15 is 0 Å². The van der Waals surface area contributed by atoms with Crippen molar-refractivity contribution in [2.24, 2.45) is 0 Å². The summed E-state index contributed by atoms with van der Waals surface area (Å²) < 4.78 is 26.6. The molecule has 0 fully saturated rings. The number of hydrogen-bond donors (Lipinski definition) is 3. The van der Waals surface area contributed by atoms with E-state index in [-0.39, 0.29) is 23.1 Å². The highest BCUT2D eigenvalue weighted by molar-refractivity contribution is 6.04. The van der Waals surface area contributed by atoms with Gasteiger partial charge in [0.25, 0.3) is 5.91 Å². The first-order valence-electron chi connectivity index (χ1n) is 8.14. The van der Waals surface area contributed by atoms with Crippen LogP contribution in [-0.2, 0) is 4.79 Å². The molecule has 3 aromatic rings. The Bertz CT molecular complexity index is 1030. The number of benzene rings is 2. The van der Waals surface area contributed by atoms with Crippen molar-refractivity contribution >= 4 is 34.8 Å². The maximum absolute atomic E-state index is 13.6. The molecule has 142 valence electrons. The van der Waals surface area contributed by atoms with Crippen molar-refractivity contribution in [1.29, 1.82) is 0 Å². The van der Waals surface area contributed by atoms with Crippen LogP contribution in [0.1, 0.15) is 17.3 Å². The molecular formula is C19H15F2N5O2. The van der Waals surface area contributed by atoms with Crippen LogP contribution >= 0.6 is 0 Å². The monoisotopic (exact) mass is 383 g/mol. The zero-order valence-electron chi connectivity index (χ0n) is 14.7. The summed E-state index contributed by atoms with van der Waals surface area (Å²) in [4.78, 5) is 31.3. The van der Waals surface area contributed by atoms with Crippen molar-refractivity contribution in [3.63, 3.8) is 0 Å². The van der Waals surface area contributed by atoms with Crippen LogP contribution in [0, 0.1) is 11.6 Å². The molecule has 0 spiro atoms. The summed E-state index contributed by atoms with van der Waals surface area (Å²) in [5.74, 6) is -2.12. The Labute approximate surface area is 158 Å². The molecule has 0 aliphatic heterocycles. The van der Waals surface area contributed by atoms with Crippen LogP contribution in [0.15, 0.2) is 54.9 Å². The third kappa shape index (κ3) is 4.85. The number of anilines is 4. The number of halogens is 2. The fourth-order valence-electron chi connectivity index (χ4n) is 2.30. The summed E-state index contributed by atoms with van der Waals surface area (Å²) in [6.07, 6.45) is 2.54. The lowest BCUT2D eigenvalue weighted by molar-refractivity contribution is -0.114. The average Bonchev–Trinajstić information content (AvgIpc) is 2.64. The Morgan fingerprint density at radius 3 is 2.25 bits per heavy atom. The van der Waals surface area contributed by atoms with Crippen molar-refractivity contribution < 1.29 is 18.4 Å². The minimum absolute atomic E-state index is 0.00777. The molecule has 0 aliphatic rings. The predicted octanol–water partition coefficient (Wildman–Crippen LogP) is 3.71. The number of hydrogen-bond acceptors (Lipinski definition) is 5. The molecule has 3 N–H and O–H groups in total. The lowest BCUT2D eigenvalue weighted by Gasteiger charge is -2.09. The normalized spacial score (nSPS) is 10.2. The van der Waals surface area contributed by atoms with Gasteiger partial charge >= 0.3 is 0 Å². The number of nitrogens with one attached hydrogen (secondary N) is 3. The Morgan fingerprint density at radius 2 is 1.61 bits per heavy atom. The van der Waals surface area contributed by atoms with Gasteiger partial charge < -0.3 is 16.0 Å². The molecule has 0 saturated heterocycles. The SMILES string of the molecule is CC(=O)Nc1cccc(NC(=O)c2cnc(Nc3ccc(F)cc3F)nc2)c1. The smallest absolute Gasteiger partial charge is 0.258 e. The first kappa shape index (κ1) is 18.9. The van der Waals surface area contributed by atoms with E-state index in [1.54, 1.807) is 24.3 Å². The van der Waals surface area contributed by atoms with Crippen LogP contribution in [0.5, 0.6) is 0 Å². The maximum atomic E-state index is 13.6. The van der Waals surface area contributed by atoms with E-state index in [2.05, 4.69) is 25.9 Å². The van der Waals surface area contributed by atoms with E-state index in [9.17, 15) is 18.4 Å². The van der Waals surface area contributed by atoms with E-state index in [4.69, 9.17) is 0 Å². The molecule has 2 amide bonds. The van der Waals surface area contributed by atoms with E-state index < -0.39 is 17.5 Å². The van der Waals surface area contributed by atoms with Gasteiger partial charge in [-0.05, 0) is 30.3 Å². The molecule has 0 bridgehead atoms. The van der Waals surface area contributed by atoms with E-state index in [0.717, 1.165) is 12.1 Å². The van der Waals surface area contributed by atoms with Crippen LogP contribution in [0.25, 0.3) is 0 Å². The molecule has 0 aliphatic carbocycles. The Morgan fingerprint density at radius 1 is 0.929 bits per heavy atom. The summed E-state index contributed by atoms with van der Waals surface area (Å²) in [5.41, 5.74) is 1.21. The zero-order valence-corrected chi connectivity index (χ0v) is 14.7. The lowest BCUT2D eigenvalue weighted by Crippen LogP contribution is -2.13. The van der Waals surface area contributed by atoms with Gasteiger partial charge in [0.1, 0.15) is 11.6 Å². The molecule has 9 heteroatoms. The van der Waals surface area contributed by atoms with Crippen LogP contribution in [0.4, 0.5) is 31.8 Å². The molecule has 0 unspecified atom stereocenters. The third-order valence-corrected chi connectivity index (χ3v) is 3.53. The van der Waals surface area contributed by atoms with E-state index in [1.165, 1.54) is 25.4 Å². The van der Waals surface area contributed by atoms with Gasteiger partial charge in [-0.3, -0.25) is 9.59 Å². The molecule has 0 atom stereocenters. The van der Waals surface area contributed by atoms with E-state index in [1.807, 2.05) is 0 Å². The van der Waals surface area contributed by atoms with Gasteiger partial charge in [-0.15, -0.1) is 0 Å². The molecule has 3 rings (SSSR count). The van der Waals surface area contributed by atoms with Crippen LogP contribution < -0.4 is 16.0 Å². The second-order valence-electron chi connectivity index (χ2n) is 5.76. The first-order chi connectivity index (χ1) is 13.4. The third-order valence-electron chi connectivity index (χ3n) is 3.53. The number of amides is 2. The topological polar surface area (TPSA) is 96.0 Å². The minimum Gasteiger partial charge on any atom is -0.326 e. The van der Waals surface area contributed by atoms with Crippen molar-refractivity contribution in [3.8, 4) is 0 Å². The number of aromatic nitrogens is 2. The summed E-state index contributed by atoms with van der Waals surface area (Å²) in [6.45, 7) is 1.38. The number of carbonyl (C=O) groups excluding carboxylic acids is 2. The largest absolute Gasteiger partial charge is 0.326 e. The van der Waals surface area contributed by atoms with Crippen LogP contribution in [0.3, 0.4) is 0 Å². The molecule has 28 heavy (non-hydrogen) atoms. The molecule has 1 heterocycles. The van der Waals surface area contributed by atoms with Gasteiger partial charge in [0.2, 0.25) is 11.9 Å². The van der Waals surface area contributed by atoms with Gasteiger partial charge in [0, 0.05) is 36.8 Å². The Balaban J connectivity index is 1.67. The second kappa shape index (κ2) is 8.21. The fourth-order valence-corrected chi connectivity index (χ4v) is 2.30. The van der Waals surface area contributed by atoms with E-state index in [0.29, 0.717) is 11.4 Å². The highest BCUT2D eigenvalue weighted by atomic mass is 19.1. The highest BCUT2D eigenvalue weighted by Crippen LogP contribution is 2.19. The first-order valence-corrected chi connectivity index (χ1v) is 8.14. The van der Waals surface area contributed by atoms with Gasteiger partial charge in [0.05, 0.1) is 11.3 Å². The molecule has 2 aromatic carbocycles. The molecule has 0 saturated carbocycles. The average molecular weight is 383 g/mol. The predicted molar refractivity (Wildman–Crippen MR) is 100 cm³/mol. The van der Waals surface area contributed by atoms with Crippen molar-refractivity contribution in [3.05, 3.63) is 72.1 Å². The number of rotatable bonds is 5. The molecular weight excluding hydrogens is 368 g/mol. The summed E-state index contributed by atoms with van der Waals surface area (Å²) in [5, 5.41) is 7.89. The van der Waals surface area contributed by atoms with Gasteiger partial charge in [-0.1, -0.05) is 6.07 Å². The number of nitrogens with zero attached hydrogens (tertiary/aromatic N) is 2. The molecule has 7 nitrogen and oxygen atoms in total. The summed E-state index contributed by atoms with van der Waals surface area (Å²) >= 11 is 0. The zero-order chi connectivity index (χ0) is 20.1. The quantitative estimate of drug-likeness (QED) is 0.624. The van der Waals surface area contributed by atoms with Crippen molar-refractivity contribution in [2.75, 3.05) is 16.0 Å². The van der Waals surface area contributed by atoms with Gasteiger partial charge in [-0.2, -0.15) is 0 Å². The molecule has 0 radical (unpaired) electrons. The molecule has 1 aromatic heterocycles. The Hall–Kier alpha value is -3.88. The second-order valence-corrected chi connectivity index (χ2v) is 5.76. The minimum atomic E-state index is -0.788.